The summed E-state index contributed by atoms with van der Waals surface area (Å²) in [6.45, 7) is 5.90. The van der Waals surface area contributed by atoms with Crippen molar-refractivity contribution >= 4 is 24.0 Å². The van der Waals surface area contributed by atoms with E-state index in [-0.39, 0.29) is 0 Å². The largest absolute Gasteiger partial charge is 0.480 e. The summed E-state index contributed by atoms with van der Waals surface area (Å²) < 4.78 is 6.57. The zero-order chi connectivity index (χ0) is 12.3. The smallest absolute Gasteiger partial charge is 0.420 e. The number of hydrogen-bond acceptors (Lipinski definition) is 4. The van der Waals surface area contributed by atoms with Gasteiger partial charge in [-0.3, -0.25) is 9.10 Å². The van der Waals surface area contributed by atoms with Crippen molar-refractivity contribution in [1.82, 2.24) is 4.31 Å². The molecule has 5 nitrogen and oxygen atoms in total. The summed E-state index contributed by atoms with van der Waals surface area (Å²) in [6, 6.07) is 0. The van der Waals surface area contributed by atoms with Gasteiger partial charge >= 0.3 is 12.1 Å². The maximum atomic E-state index is 11.7. The highest BCUT2D eigenvalue weighted by Crippen LogP contribution is 2.29. The number of rotatable bonds is 1. The van der Waals surface area contributed by atoms with Crippen molar-refractivity contribution in [3.63, 3.8) is 0 Å². The van der Waals surface area contributed by atoms with Crippen molar-refractivity contribution in [3.05, 3.63) is 0 Å². The van der Waals surface area contributed by atoms with Crippen LogP contribution >= 0.6 is 11.9 Å². The van der Waals surface area contributed by atoms with E-state index < -0.39 is 22.9 Å². The molecule has 0 aromatic carbocycles. The van der Waals surface area contributed by atoms with Crippen LogP contribution < -0.4 is 0 Å². The lowest BCUT2D eigenvalue weighted by molar-refractivity contribution is -0.136. The van der Waals surface area contributed by atoms with E-state index in [1.54, 1.807) is 20.8 Å². The highest BCUT2D eigenvalue weighted by molar-refractivity contribution is 7.98. The first kappa shape index (κ1) is 13.2. The number of ether oxygens (including phenoxy) is 1. The van der Waals surface area contributed by atoms with Crippen molar-refractivity contribution in [2.24, 2.45) is 0 Å². The first-order valence-corrected chi connectivity index (χ1v) is 6.03. The fraction of sp³-hybridized carbons (Fsp3) is 0.800. The number of hydrogen-bond donors (Lipinski definition) is 1. The van der Waals surface area contributed by atoms with Crippen LogP contribution in [0.4, 0.5) is 4.79 Å². The predicted octanol–water partition coefficient (Wildman–Crippen LogP) is 2.12. The van der Waals surface area contributed by atoms with Crippen LogP contribution in [0.5, 0.6) is 0 Å². The van der Waals surface area contributed by atoms with E-state index in [0.29, 0.717) is 19.4 Å². The predicted molar refractivity (Wildman–Crippen MR) is 61.2 cm³/mol. The van der Waals surface area contributed by atoms with Gasteiger partial charge in [0.1, 0.15) is 10.9 Å². The summed E-state index contributed by atoms with van der Waals surface area (Å²) in [7, 11) is 0. The molecule has 1 rings (SSSR count). The average Bonchev–Trinajstić information content (AvgIpc) is 2.15. The normalized spacial score (nSPS) is 21.7. The minimum Gasteiger partial charge on any atom is -0.480 e. The molecule has 0 bridgehead atoms. The van der Waals surface area contributed by atoms with Gasteiger partial charge in [-0.15, -0.1) is 0 Å². The van der Waals surface area contributed by atoms with Crippen LogP contribution in [0.3, 0.4) is 0 Å². The maximum absolute atomic E-state index is 11.7. The van der Waals surface area contributed by atoms with Crippen molar-refractivity contribution in [2.45, 2.75) is 44.5 Å². The van der Waals surface area contributed by atoms with Crippen LogP contribution in [0.1, 0.15) is 33.6 Å². The van der Waals surface area contributed by atoms with Gasteiger partial charge in [-0.05, 0) is 45.6 Å². The molecule has 0 saturated carbocycles. The Morgan fingerprint density at radius 2 is 2.06 bits per heavy atom. The first-order valence-electron chi connectivity index (χ1n) is 5.20. The van der Waals surface area contributed by atoms with Crippen LogP contribution in [0.2, 0.25) is 0 Å². The van der Waals surface area contributed by atoms with Gasteiger partial charge in [-0.1, -0.05) is 0 Å². The Kier molecular flexibility index (Phi) is 4.07. The van der Waals surface area contributed by atoms with E-state index in [9.17, 15) is 9.59 Å². The summed E-state index contributed by atoms with van der Waals surface area (Å²) in [5.41, 5.74) is -0.548. The van der Waals surface area contributed by atoms with Gasteiger partial charge in [-0.25, -0.2) is 4.79 Å². The molecule has 1 amide bonds. The third kappa shape index (κ3) is 3.92. The van der Waals surface area contributed by atoms with Crippen LogP contribution in [-0.4, -0.2) is 38.9 Å². The minimum absolute atomic E-state index is 0.455. The van der Waals surface area contributed by atoms with E-state index in [2.05, 4.69) is 0 Å². The van der Waals surface area contributed by atoms with Crippen LogP contribution in [-0.2, 0) is 9.53 Å². The Hall–Kier alpha value is -0.910. The molecule has 0 spiro atoms. The SMILES string of the molecule is CC(C)(C)OC(=O)N1CCCC(C(=O)O)S1. The molecule has 0 aromatic heterocycles. The molecule has 1 atom stereocenters. The minimum atomic E-state index is -0.877. The van der Waals surface area contributed by atoms with E-state index in [0.717, 1.165) is 11.9 Å². The van der Waals surface area contributed by atoms with Crippen molar-refractivity contribution in [3.8, 4) is 0 Å². The lowest BCUT2D eigenvalue weighted by Crippen LogP contribution is -2.38. The van der Waals surface area contributed by atoms with E-state index in [1.165, 1.54) is 4.31 Å². The molecule has 0 aliphatic carbocycles. The average molecular weight is 247 g/mol. The van der Waals surface area contributed by atoms with Gasteiger partial charge in [0.15, 0.2) is 0 Å². The summed E-state index contributed by atoms with van der Waals surface area (Å²) in [5, 5.41) is 8.33. The van der Waals surface area contributed by atoms with E-state index >= 15 is 0 Å². The van der Waals surface area contributed by atoms with Crippen LogP contribution in [0.25, 0.3) is 0 Å². The second kappa shape index (κ2) is 4.95. The van der Waals surface area contributed by atoms with Gasteiger partial charge in [0.05, 0.1) is 0 Å². The molecular weight excluding hydrogens is 230 g/mol. The molecular formula is C10H17NO4S. The first-order chi connectivity index (χ1) is 7.29. The van der Waals surface area contributed by atoms with Gasteiger partial charge in [-0.2, -0.15) is 0 Å². The van der Waals surface area contributed by atoms with Gasteiger partial charge in [0, 0.05) is 6.54 Å². The van der Waals surface area contributed by atoms with Crippen molar-refractivity contribution in [2.75, 3.05) is 6.54 Å². The number of carbonyl (C=O) groups is 2. The van der Waals surface area contributed by atoms with Gasteiger partial charge in [0.2, 0.25) is 0 Å². The van der Waals surface area contributed by atoms with E-state index in [4.69, 9.17) is 9.84 Å². The Bertz CT molecular complexity index is 287. The highest BCUT2D eigenvalue weighted by atomic mass is 32.2. The lowest BCUT2D eigenvalue weighted by atomic mass is 10.2. The molecule has 16 heavy (non-hydrogen) atoms. The molecule has 92 valence electrons. The second-order valence-electron chi connectivity index (χ2n) is 4.66. The van der Waals surface area contributed by atoms with Crippen molar-refractivity contribution in [1.29, 1.82) is 0 Å². The molecule has 1 aliphatic heterocycles. The topological polar surface area (TPSA) is 66.8 Å². The molecule has 0 radical (unpaired) electrons. The van der Waals surface area contributed by atoms with Crippen LogP contribution in [0.15, 0.2) is 0 Å². The quantitative estimate of drug-likeness (QED) is 0.719. The zero-order valence-electron chi connectivity index (χ0n) is 9.73. The molecule has 1 unspecified atom stereocenters. The Labute approximate surface area is 99.3 Å². The standard InChI is InChI=1S/C10H17NO4S/c1-10(2,3)15-9(14)11-6-4-5-7(16-11)8(12)13/h7H,4-6H2,1-3H3,(H,12,13). The molecule has 1 fully saturated rings. The number of carbonyl (C=O) groups excluding carboxylic acids is 1. The third-order valence-corrected chi connectivity index (χ3v) is 3.23. The monoisotopic (exact) mass is 247 g/mol. The molecule has 0 aromatic rings. The van der Waals surface area contributed by atoms with Gasteiger partial charge < -0.3 is 9.84 Å². The second-order valence-corrected chi connectivity index (χ2v) is 5.88. The Morgan fingerprint density at radius 1 is 1.44 bits per heavy atom. The number of carboxylic acid groups (broad SMARTS) is 1. The third-order valence-electron chi connectivity index (χ3n) is 1.95. The number of carboxylic acids is 1. The number of aliphatic carboxylic acids is 1. The summed E-state index contributed by atoms with van der Waals surface area (Å²) in [5.74, 6) is -0.877. The van der Waals surface area contributed by atoms with Crippen LogP contribution in [0, 0.1) is 0 Å². The lowest BCUT2D eigenvalue weighted by Gasteiger charge is -2.31. The fourth-order valence-electron chi connectivity index (χ4n) is 1.30. The molecule has 1 heterocycles. The summed E-state index contributed by atoms with van der Waals surface area (Å²) >= 11 is 1.05. The Balaban J connectivity index is 2.54. The number of nitrogens with zero attached hydrogens (tertiary/aromatic N) is 1. The fourth-order valence-corrected chi connectivity index (χ4v) is 2.32. The Morgan fingerprint density at radius 3 is 2.56 bits per heavy atom. The summed E-state index contributed by atoms with van der Waals surface area (Å²) in [4.78, 5) is 22.5. The molecule has 1 aliphatic rings. The zero-order valence-corrected chi connectivity index (χ0v) is 10.5. The van der Waals surface area contributed by atoms with Crippen molar-refractivity contribution < 1.29 is 19.4 Å². The highest BCUT2D eigenvalue weighted by Gasteiger charge is 2.31. The summed E-state index contributed by atoms with van der Waals surface area (Å²) in [6.07, 6.45) is 0.839. The number of amides is 1. The molecule has 6 heteroatoms. The maximum Gasteiger partial charge on any atom is 0.420 e. The van der Waals surface area contributed by atoms with Gasteiger partial charge in [0.25, 0.3) is 0 Å². The van der Waals surface area contributed by atoms with E-state index in [1.807, 2.05) is 0 Å². The molecule has 1 N–H and O–H groups in total. The molecule has 1 saturated heterocycles.